The number of hydrogen-bond donors (Lipinski definition) is 3. The first kappa shape index (κ1) is 11.9. The Morgan fingerprint density at radius 1 is 1.15 bits per heavy atom. The van der Waals surface area contributed by atoms with Crippen LogP contribution in [0, 0.1) is 0 Å². The molecule has 0 saturated heterocycles. The van der Waals surface area contributed by atoms with Gasteiger partial charge in [0.05, 0.1) is 6.54 Å². The molecule has 0 unspecified atom stereocenters. The molecule has 5 heteroatoms. The van der Waals surface area contributed by atoms with Crippen molar-refractivity contribution in [3.05, 3.63) is 0 Å². The highest BCUT2D eigenvalue weighted by Crippen LogP contribution is 1.83. The Hall–Kier alpha value is -1.10. The van der Waals surface area contributed by atoms with Crippen LogP contribution in [0.3, 0.4) is 0 Å². The Labute approximate surface area is 78.1 Å². The summed E-state index contributed by atoms with van der Waals surface area (Å²) in [6.45, 7) is 2.83. The van der Waals surface area contributed by atoms with Gasteiger partial charge in [0.25, 0.3) is 0 Å². The van der Waals surface area contributed by atoms with Gasteiger partial charge >= 0.3 is 0 Å². The number of carbonyl (C=O) groups excluding carboxylic acids is 2. The molecule has 0 heterocycles. The van der Waals surface area contributed by atoms with Crippen LogP contribution in [-0.4, -0.2) is 31.4 Å². The van der Waals surface area contributed by atoms with Crippen LogP contribution in [0.15, 0.2) is 0 Å². The van der Waals surface area contributed by atoms with Crippen molar-refractivity contribution in [2.24, 2.45) is 5.73 Å². The lowest BCUT2D eigenvalue weighted by atomic mass is 10.3. The second-order valence-corrected chi connectivity index (χ2v) is 2.65. The minimum atomic E-state index is -0.204. The average molecular weight is 187 g/mol. The van der Waals surface area contributed by atoms with Crippen LogP contribution in [0.1, 0.15) is 19.8 Å². The molecule has 0 aromatic carbocycles. The van der Waals surface area contributed by atoms with Crippen molar-refractivity contribution in [3.63, 3.8) is 0 Å². The molecule has 76 valence electrons. The van der Waals surface area contributed by atoms with Crippen LogP contribution < -0.4 is 16.4 Å². The summed E-state index contributed by atoms with van der Waals surface area (Å²) in [6, 6.07) is 0. The molecule has 2 amide bonds. The topological polar surface area (TPSA) is 84.2 Å². The SMILES string of the molecule is CCCC(=O)NCCNC(=O)CN. The molecule has 0 atom stereocenters. The van der Waals surface area contributed by atoms with Crippen LogP contribution in [0.5, 0.6) is 0 Å². The Morgan fingerprint density at radius 3 is 2.15 bits per heavy atom. The Morgan fingerprint density at radius 2 is 1.69 bits per heavy atom. The summed E-state index contributed by atoms with van der Waals surface area (Å²) >= 11 is 0. The van der Waals surface area contributed by atoms with Gasteiger partial charge in [0.2, 0.25) is 11.8 Å². The van der Waals surface area contributed by atoms with E-state index in [1.54, 1.807) is 0 Å². The van der Waals surface area contributed by atoms with Gasteiger partial charge in [-0.1, -0.05) is 6.92 Å². The van der Waals surface area contributed by atoms with Gasteiger partial charge in [-0.15, -0.1) is 0 Å². The van der Waals surface area contributed by atoms with Gasteiger partial charge in [0, 0.05) is 19.5 Å². The second kappa shape index (κ2) is 7.54. The van der Waals surface area contributed by atoms with E-state index >= 15 is 0 Å². The van der Waals surface area contributed by atoms with Crippen molar-refractivity contribution >= 4 is 11.8 Å². The lowest BCUT2D eigenvalue weighted by Crippen LogP contribution is -2.37. The number of amides is 2. The molecule has 0 fully saturated rings. The van der Waals surface area contributed by atoms with Gasteiger partial charge in [-0.3, -0.25) is 9.59 Å². The minimum absolute atomic E-state index is 0.0110. The standard InChI is InChI=1S/C8H17N3O2/c1-2-3-7(12)10-4-5-11-8(13)6-9/h2-6,9H2,1H3,(H,10,12)(H,11,13). The summed E-state index contributed by atoms with van der Waals surface area (Å²) in [5, 5.41) is 5.22. The van der Waals surface area contributed by atoms with Gasteiger partial charge in [-0.05, 0) is 6.42 Å². The number of rotatable bonds is 6. The van der Waals surface area contributed by atoms with E-state index in [4.69, 9.17) is 5.73 Å². The molecule has 5 nitrogen and oxygen atoms in total. The van der Waals surface area contributed by atoms with Crippen molar-refractivity contribution in [1.29, 1.82) is 0 Å². The number of carbonyl (C=O) groups is 2. The van der Waals surface area contributed by atoms with Crippen molar-refractivity contribution in [2.45, 2.75) is 19.8 Å². The maximum absolute atomic E-state index is 10.9. The van der Waals surface area contributed by atoms with E-state index in [0.29, 0.717) is 19.5 Å². The summed E-state index contributed by atoms with van der Waals surface area (Å²) in [5.41, 5.74) is 5.06. The van der Waals surface area contributed by atoms with Crippen molar-refractivity contribution in [1.82, 2.24) is 10.6 Å². The van der Waals surface area contributed by atoms with E-state index in [9.17, 15) is 9.59 Å². The van der Waals surface area contributed by atoms with Crippen molar-refractivity contribution in [3.8, 4) is 0 Å². The Kier molecular flexibility index (Phi) is 6.91. The zero-order chi connectivity index (χ0) is 10.1. The molecule has 13 heavy (non-hydrogen) atoms. The predicted octanol–water partition coefficient (Wildman–Crippen LogP) is -1.02. The molecule has 4 N–H and O–H groups in total. The van der Waals surface area contributed by atoms with Gasteiger partial charge in [0.1, 0.15) is 0 Å². The third-order valence-electron chi connectivity index (χ3n) is 1.43. The summed E-state index contributed by atoms with van der Waals surface area (Å²) in [7, 11) is 0. The molecule has 0 saturated carbocycles. The van der Waals surface area contributed by atoms with E-state index < -0.39 is 0 Å². The Balaban J connectivity index is 3.25. The van der Waals surface area contributed by atoms with E-state index in [2.05, 4.69) is 10.6 Å². The highest BCUT2D eigenvalue weighted by atomic mass is 16.2. The van der Waals surface area contributed by atoms with E-state index in [-0.39, 0.29) is 18.4 Å². The van der Waals surface area contributed by atoms with Gasteiger partial charge in [-0.25, -0.2) is 0 Å². The number of nitrogens with two attached hydrogens (primary N) is 1. The summed E-state index contributed by atoms with van der Waals surface area (Å²) in [6.07, 6.45) is 1.37. The summed E-state index contributed by atoms with van der Waals surface area (Å²) in [4.78, 5) is 21.5. The Bertz CT molecular complexity index is 171. The molecule has 0 radical (unpaired) electrons. The number of nitrogens with one attached hydrogen (secondary N) is 2. The molecule has 0 aromatic rings. The fourth-order valence-electron chi connectivity index (χ4n) is 0.791. The smallest absolute Gasteiger partial charge is 0.233 e. The van der Waals surface area contributed by atoms with Crippen LogP contribution in [0.25, 0.3) is 0 Å². The minimum Gasteiger partial charge on any atom is -0.354 e. The molecular weight excluding hydrogens is 170 g/mol. The van der Waals surface area contributed by atoms with Crippen LogP contribution in [-0.2, 0) is 9.59 Å². The third kappa shape index (κ3) is 7.27. The van der Waals surface area contributed by atoms with Crippen molar-refractivity contribution in [2.75, 3.05) is 19.6 Å². The van der Waals surface area contributed by atoms with E-state index in [1.165, 1.54) is 0 Å². The van der Waals surface area contributed by atoms with E-state index in [0.717, 1.165) is 6.42 Å². The van der Waals surface area contributed by atoms with E-state index in [1.807, 2.05) is 6.92 Å². The maximum atomic E-state index is 10.9. The van der Waals surface area contributed by atoms with Crippen LogP contribution in [0.4, 0.5) is 0 Å². The molecule has 0 aliphatic heterocycles. The third-order valence-corrected chi connectivity index (χ3v) is 1.43. The largest absolute Gasteiger partial charge is 0.354 e. The molecule has 0 aromatic heterocycles. The normalized spacial score (nSPS) is 9.38. The first-order valence-corrected chi connectivity index (χ1v) is 4.44. The molecule has 0 aliphatic rings. The first-order chi connectivity index (χ1) is 6.20. The highest BCUT2D eigenvalue weighted by Gasteiger charge is 1.98. The maximum Gasteiger partial charge on any atom is 0.233 e. The molecule has 0 spiro atoms. The molecule has 0 aliphatic carbocycles. The monoisotopic (exact) mass is 187 g/mol. The van der Waals surface area contributed by atoms with Gasteiger partial charge in [-0.2, -0.15) is 0 Å². The predicted molar refractivity (Wildman–Crippen MR) is 50.0 cm³/mol. The fourth-order valence-corrected chi connectivity index (χ4v) is 0.791. The van der Waals surface area contributed by atoms with Crippen LogP contribution in [0.2, 0.25) is 0 Å². The molecule has 0 bridgehead atoms. The summed E-state index contributed by atoms with van der Waals surface area (Å²) < 4.78 is 0. The zero-order valence-electron chi connectivity index (χ0n) is 7.93. The van der Waals surface area contributed by atoms with Crippen LogP contribution >= 0.6 is 0 Å². The average Bonchev–Trinajstić information content (AvgIpc) is 2.12. The second-order valence-electron chi connectivity index (χ2n) is 2.65. The zero-order valence-corrected chi connectivity index (χ0v) is 7.93. The fraction of sp³-hybridized carbons (Fsp3) is 0.750. The van der Waals surface area contributed by atoms with Crippen molar-refractivity contribution < 1.29 is 9.59 Å². The van der Waals surface area contributed by atoms with Gasteiger partial charge < -0.3 is 16.4 Å². The number of hydrogen-bond acceptors (Lipinski definition) is 3. The lowest BCUT2D eigenvalue weighted by Gasteiger charge is -2.04. The lowest BCUT2D eigenvalue weighted by molar-refractivity contribution is -0.122. The van der Waals surface area contributed by atoms with Gasteiger partial charge in [0.15, 0.2) is 0 Å². The summed E-state index contributed by atoms with van der Waals surface area (Å²) in [5.74, 6) is -0.186. The molecular formula is C8H17N3O2. The quantitative estimate of drug-likeness (QED) is 0.465. The molecule has 0 rings (SSSR count). The first-order valence-electron chi connectivity index (χ1n) is 4.44. The highest BCUT2D eigenvalue weighted by molar-refractivity contribution is 5.78.